The first-order valence-corrected chi connectivity index (χ1v) is 9.66. The van der Waals surface area contributed by atoms with Crippen molar-refractivity contribution in [3.63, 3.8) is 0 Å². The molecule has 0 amide bonds. The lowest BCUT2D eigenvalue weighted by molar-refractivity contribution is -0.137. The Morgan fingerprint density at radius 2 is 1.86 bits per heavy atom. The van der Waals surface area contributed by atoms with Gasteiger partial charge in [-0.3, -0.25) is 4.79 Å². The van der Waals surface area contributed by atoms with Crippen molar-refractivity contribution in [1.82, 2.24) is 15.2 Å². The van der Waals surface area contributed by atoms with Gasteiger partial charge in [-0.15, -0.1) is 0 Å². The summed E-state index contributed by atoms with van der Waals surface area (Å²) in [5.74, 6) is 0.554. The van der Waals surface area contributed by atoms with Gasteiger partial charge < -0.3 is 15.2 Å². The molecule has 0 aliphatic heterocycles. The summed E-state index contributed by atoms with van der Waals surface area (Å²) in [6, 6.07) is 10.4. The molecule has 158 valence electrons. The van der Waals surface area contributed by atoms with E-state index in [4.69, 9.17) is 0 Å². The molecule has 1 aromatic carbocycles. The van der Waals surface area contributed by atoms with Gasteiger partial charge in [0.15, 0.2) is 5.96 Å². The summed E-state index contributed by atoms with van der Waals surface area (Å²) < 4.78 is 40.2. The molecule has 2 rings (SSSR count). The maximum absolute atomic E-state index is 12.8. The van der Waals surface area contributed by atoms with Gasteiger partial charge in [0.2, 0.25) is 0 Å². The Kier molecular flexibility index (Phi) is 8.30. The van der Waals surface area contributed by atoms with Crippen LogP contribution in [0, 0.1) is 6.92 Å². The number of hydrogen-bond donors (Lipinski definition) is 2. The van der Waals surface area contributed by atoms with Gasteiger partial charge in [-0.1, -0.05) is 18.2 Å². The van der Waals surface area contributed by atoms with Crippen LogP contribution < -0.4 is 16.2 Å². The summed E-state index contributed by atoms with van der Waals surface area (Å²) in [7, 11) is 0. The van der Waals surface area contributed by atoms with Crippen molar-refractivity contribution in [2.45, 2.75) is 46.0 Å². The van der Waals surface area contributed by atoms with Crippen LogP contribution in [0.3, 0.4) is 0 Å². The van der Waals surface area contributed by atoms with E-state index in [0.29, 0.717) is 31.2 Å². The standard InChI is InChI=1S/C21H27F3N4O/c1-3-25-20(27-15-17-9-7-10-18(14-17)21(22,23)24)26-12-4-5-13-28-16(2)8-6-11-19(28)29/h6-11,14H,3-5,12-13,15H2,1-2H3,(H2,25,26,27). The SMILES string of the molecule is CCNC(=NCc1cccc(C(F)(F)F)c1)NCCCCn1c(C)cccc1=O. The summed E-state index contributed by atoms with van der Waals surface area (Å²) in [5.41, 5.74) is 0.751. The van der Waals surface area contributed by atoms with Crippen molar-refractivity contribution in [3.8, 4) is 0 Å². The highest BCUT2D eigenvalue weighted by molar-refractivity contribution is 5.79. The lowest BCUT2D eigenvalue weighted by Crippen LogP contribution is -2.37. The highest BCUT2D eigenvalue weighted by Crippen LogP contribution is 2.29. The minimum atomic E-state index is -4.36. The number of benzene rings is 1. The van der Waals surface area contributed by atoms with Gasteiger partial charge in [-0.05, 0) is 50.5 Å². The Morgan fingerprint density at radius 3 is 2.55 bits per heavy atom. The van der Waals surface area contributed by atoms with E-state index >= 15 is 0 Å². The molecule has 2 N–H and O–H groups in total. The van der Waals surface area contributed by atoms with Gasteiger partial charge in [0.25, 0.3) is 5.56 Å². The smallest absolute Gasteiger partial charge is 0.357 e. The lowest BCUT2D eigenvalue weighted by atomic mass is 10.1. The molecule has 0 bridgehead atoms. The van der Waals surface area contributed by atoms with Crippen molar-refractivity contribution < 1.29 is 13.2 Å². The van der Waals surface area contributed by atoms with Crippen molar-refractivity contribution in [3.05, 3.63) is 69.6 Å². The number of guanidine groups is 1. The van der Waals surface area contributed by atoms with Gasteiger partial charge in [0.05, 0.1) is 12.1 Å². The largest absolute Gasteiger partial charge is 0.416 e. The summed E-state index contributed by atoms with van der Waals surface area (Å²) in [6.45, 7) is 5.92. The predicted molar refractivity (Wildman–Crippen MR) is 109 cm³/mol. The molecule has 0 aliphatic carbocycles. The van der Waals surface area contributed by atoms with E-state index in [1.165, 1.54) is 6.07 Å². The molecule has 0 aliphatic rings. The molecule has 5 nitrogen and oxygen atoms in total. The van der Waals surface area contributed by atoms with E-state index in [2.05, 4.69) is 15.6 Å². The van der Waals surface area contributed by atoms with Crippen molar-refractivity contribution in [2.75, 3.05) is 13.1 Å². The van der Waals surface area contributed by atoms with Crippen LogP contribution in [0.25, 0.3) is 0 Å². The fourth-order valence-corrected chi connectivity index (χ4v) is 2.87. The first-order valence-electron chi connectivity index (χ1n) is 9.66. The Balaban J connectivity index is 1.86. The Hall–Kier alpha value is -2.77. The number of nitrogens with zero attached hydrogens (tertiary/aromatic N) is 2. The van der Waals surface area contributed by atoms with E-state index in [1.54, 1.807) is 22.8 Å². The van der Waals surface area contributed by atoms with Gasteiger partial charge in [-0.2, -0.15) is 13.2 Å². The van der Waals surface area contributed by atoms with Crippen molar-refractivity contribution in [1.29, 1.82) is 0 Å². The number of alkyl halides is 3. The Bertz CT molecular complexity index is 875. The van der Waals surface area contributed by atoms with E-state index in [1.807, 2.05) is 19.9 Å². The summed E-state index contributed by atoms with van der Waals surface area (Å²) in [4.78, 5) is 16.2. The molecule has 2 aromatic rings. The molecule has 0 saturated heterocycles. The number of unbranched alkanes of at least 4 members (excludes halogenated alkanes) is 1. The average Bonchev–Trinajstić information content (AvgIpc) is 2.67. The fraction of sp³-hybridized carbons (Fsp3) is 0.429. The van der Waals surface area contributed by atoms with Gasteiger partial charge in [0, 0.05) is 31.4 Å². The summed E-state index contributed by atoms with van der Waals surface area (Å²) in [6.07, 6.45) is -2.71. The quantitative estimate of drug-likeness (QED) is 0.398. The molecule has 29 heavy (non-hydrogen) atoms. The monoisotopic (exact) mass is 408 g/mol. The molecule has 0 spiro atoms. The van der Waals surface area contributed by atoms with Crippen molar-refractivity contribution >= 4 is 5.96 Å². The van der Waals surface area contributed by atoms with E-state index in [0.717, 1.165) is 30.7 Å². The zero-order valence-electron chi connectivity index (χ0n) is 16.7. The third-order valence-electron chi connectivity index (χ3n) is 4.39. The number of aromatic nitrogens is 1. The normalized spacial score (nSPS) is 12.1. The molecule has 1 heterocycles. The molecule has 0 saturated carbocycles. The number of aryl methyl sites for hydroxylation is 1. The lowest BCUT2D eigenvalue weighted by Gasteiger charge is -2.13. The molecular weight excluding hydrogens is 381 g/mol. The van der Waals surface area contributed by atoms with Gasteiger partial charge in [-0.25, -0.2) is 4.99 Å². The third-order valence-corrected chi connectivity index (χ3v) is 4.39. The summed E-state index contributed by atoms with van der Waals surface area (Å²) >= 11 is 0. The van der Waals surface area contributed by atoms with Crippen LogP contribution in [0.15, 0.2) is 52.3 Å². The fourth-order valence-electron chi connectivity index (χ4n) is 2.87. The van der Waals surface area contributed by atoms with Gasteiger partial charge in [0.1, 0.15) is 0 Å². The van der Waals surface area contributed by atoms with Crippen LogP contribution in [0.2, 0.25) is 0 Å². The van der Waals surface area contributed by atoms with Crippen LogP contribution in [0.1, 0.15) is 36.6 Å². The number of hydrogen-bond acceptors (Lipinski definition) is 2. The third kappa shape index (κ3) is 7.29. The molecule has 8 heteroatoms. The number of nitrogens with one attached hydrogen (secondary N) is 2. The first-order chi connectivity index (χ1) is 13.8. The average molecular weight is 408 g/mol. The highest BCUT2D eigenvalue weighted by atomic mass is 19.4. The van der Waals surface area contributed by atoms with Crippen LogP contribution in [-0.4, -0.2) is 23.6 Å². The molecule has 0 radical (unpaired) electrons. The summed E-state index contributed by atoms with van der Waals surface area (Å²) in [5, 5.41) is 6.27. The topological polar surface area (TPSA) is 58.4 Å². The second-order valence-corrected chi connectivity index (χ2v) is 6.68. The second kappa shape index (κ2) is 10.7. The van der Waals surface area contributed by atoms with E-state index in [9.17, 15) is 18.0 Å². The maximum atomic E-state index is 12.8. The molecule has 0 fully saturated rings. The van der Waals surface area contributed by atoms with Crippen molar-refractivity contribution in [2.24, 2.45) is 4.99 Å². The van der Waals surface area contributed by atoms with Crippen LogP contribution >= 0.6 is 0 Å². The minimum absolute atomic E-state index is 0.00560. The number of pyridine rings is 1. The molecule has 0 atom stereocenters. The van der Waals surface area contributed by atoms with Crippen LogP contribution in [0.4, 0.5) is 13.2 Å². The Labute approximate surface area is 168 Å². The van der Waals surface area contributed by atoms with Crippen LogP contribution in [0.5, 0.6) is 0 Å². The molecular formula is C21H27F3N4O. The van der Waals surface area contributed by atoms with Crippen LogP contribution in [-0.2, 0) is 19.3 Å². The number of halogens is 3. The Morgan fingerprint density at radius 1 is 1.10 bits per heavy atom. The van der Waals surface area contributed by atoms with E-state index < -0.39 is 11.7 Å². The second-order valence-electron chi connectivity index (χ2n) is 6.68. The van der Waals surface area contributed by atoms with Gasteiger partial charge >= 0.3 is 6.18 Å². The predicted octanol–water partition coefficient (Wildman–Crippen LogP) is 3.71. The van der Waals surface area contributed by atoms with E-state index in [-0.39, 0.29) is 12.1 Å². The zero-order chi connectivity index (χ0) is 21.3. The highest BCUT2D eigenvalue weighted by Gasteiger charge is 2.30. The maximum Gasteiger partial charge on any atom is 0.416 e. The zero-order valence-corrected chi connectivity index (χ0v) is 16.7. The minimum Gasteiger partial charge on any atom is -0.357 e. The number of rotatable bonds is 8. The first kappa shape index (κ1) is 22.5. The molecule has 1 aromatic heterocycles. The number of aliphatic imine (C=N–C) groups is 1. The molecule has 0 unspecified atom stereocenters.